The fourth-order valence-corrected chi connectivity index (χ4v) is 1.49. The van der Waals surface area contributed by atoms with Gasteiger partial charge < -0.3 is 4.84 Å². The van der Waals surface area contributed by atoms with Crippen LogP contribution in [0.25, 0.3) is 0 Å². The first kappa shape index (κ1) is 10.2. The molecule has 0 aliphatic heterocycles. The van der Waals surface area contributed by atoms with Gasteiger partial charge in [0.25, 0.3) is 0 Å². The van der Waals surface area contributed by atoms with E-state index < -0.39 is 0 Å². The topological polar surface area (TPSA) is 35.2 Å². The summed E-state index contributed by atoms with van der Waals surface area (Å²) in [6.45, 7) is 0.764. The van der Waals surface area contributed by atoms with Crippen LogP contribution >= 0.6 is 12.4 Å². The number of halogens is 1. The normalized spacial score (nSPS) is 20.1. The Hall–Kier alpha value is 0.210. The van der Waals surface area contributed by atoms with Crippen molar-refractivity contribution in [3.63, 3.8) is 0 Å². The van der Waals surface area contributed by atoms with Crippen LogP contribution in [0.1, 0.15) is 32.1 Å². The standard InChI is InChI=1S/C7H15NO.ClH/c8-9-6-7-4-2-1-3-5-7;/h7H,1-6,8H2;1H. The molecule has 2 N–H and O–H groups in total. The van der Waals surface area contributed by atoms with E-state index in [1.807, 2.05) is 0 Å². The van der Waals surface area contributed by atoms with Gasteiger partial charge in [-0.15, -0.1) is 12.4 Å². The van der Waals surface area contributed by atoms with Gasteiger partial charge in [0.2, 0.25) is 0 Å². The summed E-state index contributed by atoms with van der Waals surface area (Å²) in [5.41, 5.74) is 0. The Labute approximate surface area is 68.5 Å². The highest BCUT2D eigenvalue weighted by Crippen LogP contribution is 2.22. The lowest BCUT2D eigenvalue weighted by molar-refractivity contribution is 0.0865. The Morgan fingerprint density at radius 2 is 1.80 bits per heavy atom. The lowest BCUT2D eigenvalue weighted by Gasteiger charge is -2.19. The van der Waals surface area contributed by atoms with E-state index in [1.165, 1.54) is 32.1 Å². The number of nitrogens with two attached hydrogens (primary N) is 1. The van der Waals surface area contributed by atoms with Crippen molar-refractivity contribution >= 4 is 12.4 Å². The second-order valence-electron chi connectivity index (χ2n) is 2.84. The zero-order valence-corrected chi connectivity index (χ0v) is 7.03. The smallest absolute Gasteiger partial charge is 0.0707 e. The monoisotopic (exact) mass is 165 g/mol. The molecule has 1 aliphatic rings. The maximum Gasteiger partial charge on any atom is 0.0707 e. The molecule has 0 aromatic rings. The summed E-state index contributed by atoms with van der Waals surface area (Å²) in [5, 5.41) is 0. The minimum Gasteiger partial charge on any atom is -0.304 e. The van der Waals surface area contributed by atoms with Gasteiger partial charge in [-0.1, -0.05) is 19.3 Å². The summed E-state index contributed by atoms with van der Waals surface area (Å²) in [5.74, 6) is 5.71. The van der Waals surface area contributed by atoms with Gasteiger partial charge in [-0.25, -0.2) is 5.90 Å². The fraction of sp³-hybridized carbons (Fsp3) is 1.00. The Morgan fingerprint density at radius 1 is 1.20 bits per heavy atom. The number of hydrogen-bond donors (Lipinski definition) is 1. The first-order valence-electron chi connectivity index (χ1n) is 3.75. The highest BCUT2D eigenvalue weighted by Gasteiger charge is 2.12. The lowest BCUT2D eigenvalue weighted by atomic mass is 9.90. The molecule has 0 aromatic heterocycles. The van der Waals surface area contributed by atoms with Crippen molar-refractivity contribution in [3.05, 3.63) is 0 Å². The molecule has 0 amide bonds. The van der Waals surface area contributed by atoms with Crippen molar-refractivity contribution in [1.29, 1.82) is 0 Å². The Kier molecular flexibility index (Phi) is 6.08. The van der Waals surface area contributed by atoms with E-state index in [2.05, 4.69) is 4.84 Å². The molecule has 0 aromatic carbocycles. The Bertz CT molecular complexity index is 71.3. The SMILES string of the molecule is Cl.NOCC1CCCCC1. The molecule has 0 unspecified atom stereocenters. The third-order valence-corrected chi connectivity index (χ3v) is 2.06. The molecule has 2 nitrogen and oxygen atoms in total. The van der Waals surface area contributed by atoms with Crippen molar-refractivity contribution in [2.75, 3.05) is 6.61 Å². The summed E-state index contributed by atoms with van der Waals surface area (Å²) in [4.78, 5) is 4.58. The van der Waals surface area contributed by atoms with Gasteiger partial charge in [0.15, 0.2) is 0 Å². The molecule has 0 atom stereocenters. The summed E-state index contributed by atoms with van der Waals surface area (Å²) in [6, 6.07) is 0. The Morgan fingerprint density at radius 3 is 2.30 bits per heavy atom. The largest absolute Gasteiger partial charge is 0.304 e. The lowest BCUT2D eigenvalue weighted by Crippen LogP contribution is -2.15. The van der Waals surface area contributed by atoms with Gasteiger partial charge in [-0.2, -0.15) is 0 Å². The zero-order valence-electron chi connectivity index (χ0n) is 6.21. The van der Waals surface area contributed by atoms with Crippen LogP contribution in [0.4, 0.5) is 0 Å². The first-order valence-corrected chi connectivity index (χ1v) is 3.75. The van der Waals surface area contributed by atoms with E-state index in [0.29, 0.717) is 0 Å². The Balaban J connectivity index is 0.000000810. The zero-order chi connectivity index (χ0) is 6.53. The highest BCUT2D eigenvalue weighted by atomic mass is 35.5. The molecule has 1 fully saturated rings. The maximum absolute atomic E-state index is 4.96. The van der Waals surface area contributed by atoms with Gasteiger partial charge in [-0.3, -0.25) is 0 Å². The molecule has 1 saturated carbocycles. The van der Waals surface area contributed by atoms with Gasteiger partial charge in [0, 0.05) is 0 Å². The molecule has 62 valence electrons. The molecule has 0 radical (unpaired) electrons. The molecule has 0 spiro atoms. The molecular weight excluding hydrogens is 150 g/mol. The van der Waals surface area contributed by atoms with E-state index in [1.54, 1.807) is 0 Å². The third-order valence-electron chi connectivity index (χ3n) is 2.06. The van der Waals surface area contributed by atoms with Crippen LogP contribution in [0.2, 0.25) is 0 Å². The van der Waals surface area contributed by atoms with Crippen molar-refractivity contribution in [2.24, 2.45) is 11.8 Å². The maximum atomic E-state index is 4.96. The second-order valence-corrected chi connectivity index (χ2v) is 2.84. The number of hydrogen-bond acceptors (Lipinski definition) is 2. The highest BCUT2D eigenvalue weighted by molar-refractivity contribution is 5.85. The average Bonchev–Trinajstić information content (AvgIpc) is 1.91. The summed E-state index contributed by atoms with van der Waals surface area (Å²) >= 11 is 0. The first-order chi connectivity index (χ1) is 4.43. The molecule has 10 heavy (non-hydrogen) atoms. The molecule has 3 heteroatoms. The minimum atomic E-state index is 0. The quantitative estimate of drug-likeness (QED) is 0.635. The summed E-state index contributed by atoms with van der Waals surface area (Å²) in [6.07, 6.45) is 6.78. The van der Waals surface area contributed by atoms with Crippen LogP contribution in [0.15, 0.2) is 0 Å². The van der Waals surface area contributed by atoms with E-state index in [9.17, 15) is 0 Å². The summed E-state index contributed by atoms with van der Waals surface area (Å²) in [7, 11) is 0. The van der Waals surface area contributed by atoms with Crippen LogP contribution < -0.4 is 5.90 Å². The third kappa shape index (κ3) is 3.40. The van der Waals surface area contributed by atoms with Gasteiger partial charge in [-0.05, 0) is 18.8 Å². The van der Waals surface area contributed by atoms with Crippen molar-refractivity contribution in [2.45, 2.75) is 32.1 Å². The van der Waals surface area contributed by atoms with Crippen molar-refractivity contribution in [3.8, 4) is 0 Å². The van der Waals surface area contributed by atoms with E-state index >= 15 is 0 Å². The van der Waals surface area contributed by atoms with Crippen molar-refractivity contribution < 1.29 is 4.84 Å². The van der Waals surface area contributed by atoms with Crippen LogP contribution in [0.5, 0.6) is 0 Å². The molecule has 0 bridgehead atoms. The molecule has 1 aliphatic carbocycles. The fourth-order valence-electron chi connectivity index (χ4n) is 1.49. The van der Waals surface area contributed by atoms with Crippen LogP contribution in [0.3, 0.4) is 0 Å². The van der Waals surface area contributed by atoms with Crippen LogP contribution in [0, 0.1) is 5.92 Å². The van der Waals surface area contributed by atoms with Crippen LogP contribution in [-0.4, -0.2) is 6.61 Å². The molecule has 1 rings (SSSR count). The number of rotatable bonds is 2. The second kappa shape index (κ2) is 5.96. The van der Waals surface area contributed by atoms with E-state index in [4.69, 9.17) is 5.90 Å². The minimum absolute atomic E-state index is 0. The molecule has 0 saturated heterocycles. The summed E-state index contributed by atoms with van der Waals surface area (Å²) < 4.78 is 0. The van der Waals surface area contributed by atoms with Gasteiger partial charge in [0.05, 0.1) is 6.61 Å². The van der Waals surface area contributed by atoms with Crippen molar-refractivity contribution in [1.82, 2.24) is 0 Å². The predicted octanol–water partition coefficient (Wildman–Crippen LogP) is 1.88. The van der Waals surface area contributed by atoms with E-state index in [0.717, 1.165) is 12.5 Å². The van der Waals surface area contributed by atoms with Crippen LogP contribution in [-0.2, 0) is 4.84 Å². The molecule has 0 heterocycles. The van der Waals surface area contributed by atoms with Gasteiger partial charge >= 0.3 is 0 Å². The molecular formula is C7H16ClNO. The van der Waals surface area contributed by atoms with E-state index in [-0.39, 0.29) is 12.4 Å². The average molecular weight is 166 g/mol. The predicted molar refractivity (Wildman–Crippen MR) is 44.0 cm³/mol. The van der Waals surface area contributed by atoms with Gasteiger partial charge in [0.1, 0.15) is 0 Å².